The molecule has 0 N–H and O–H groups in total. The fraction of sp³-hybridized carbons (Fsp3) is 0.391. The summed E-state index contributed by atoms with van der Waals surface area (Å²) in [6.07, 6.45) is 4.27. The average Bonchev–Trinajstić information content (AvgIpc) is 2.73. The third-order valence-electron chi connectivity index (χ3n) is 5.43. The Morgan fingerprint density at radius 1 is 0.862 bits per heavy atom. The van der Waals surface area contributed by atoms with Crippen molar-refractivity contribution in [1.29, 1.82) is 0 Å². The highest BCUT2D eigenvalue weighted by molar-refractivity contribution is 5.33. The quantitative estimate of drug-likeness (QED) is 0.386. The predicted octanol–water partition coefficient (Wildman–Crippen LogP) is 6.47. The maximum absolute atomic E-state index is 14.5. The molecule has 1 fully saturated rings. The molecule has 0 spiro atoms. The maximum atomic E-state index is 14.5. The molecule has 29 heavy (non-hydrogen) atoms. The Kier molecular flexibility index (Phi) is 6.83. The van der Waals surface area contributed by atoms with Gasteiger partial charge in [-0.15, -0.1) is 0 Å². The topological polar surface area (TPSA) is 18.5 Å². The Morgan fingerprint density at radius 2 is 1.48 bits per heavy atom. The first-order chi connectivity index (χ1) is 13.9. The number of ether oxygens (including phenoxy) is 2. The van der Waals surface area contributed by atoms with Gasteiger partial charge >= 0.3 is 0 Å². The molecule has 2 aromatic rings. The molecule has 2 aromatic carbocycles. The Labute approximate surface area is 168 Å². The van der Waals surface area contributed by atoms with Crippen LogP contribution in [0.25, 0.3) is 0 Å². The standard InChI is InChI=1S/C23H24F4O2/c1-3-12-28-18-11-9-17(21(25)23(18)27)16-7-5-15(6-8-16)13-29-19-10-4-14(2)20(24)22(19)26/h3-4,9-11,15-16H,1,5-8,12-13H2,2H3. The van der Waals surface area contributed by atoms with Gasteiger partial charge in [0, 0.05) is 0 Å². The SMILES string of the molecule is C=CCOc1ccc(C2CCC(COc3ccc(C)c(F)c3F)CC2)c(F)c1F. The van der Waals surface area contributed by atoms with Crippen molar-refractivity contribution in [3.63, 3.8) is 0 Å². The molecule has 3 rings (SSSR count). The predicted molar refractivity (Wildman–Crippen MR) is 103 cm³/mol. The van der Waals surface area contributed by atoms with Gasteiger partial charge in [0.05, 0.1) is 6.61 Å². The maximum Gasteiger partial charge on any atom is 0.200 e. The molecule has 0 heterocycles. The fourth-order valence-corrected chi connectivity index (χ4v) is 3.71. The van der Waals surface area contributed by atoms with Gasteiger partial charge in [0.2, 0.25) is 11.6 Å². The van der Waals surface area contributed by atoms with E-state index in [1.54, 1.807) is 6.07 Å². The van der Waals surface area contributed by atoms with Crippen molar-refractivity contribution in [2.75, 3.05) is 13.2 Å². The van der Waals surface area contributed by atoms with E-state index < -0.39 is 23.3 Å². The van der Waals surface area contributed by atoms with E-state index in [0.717, 1.165) is 12.8 Å². The van der Waals surface area contributed by atoms with Crippen LogP contribution in [-0.2, 0) is 0 Å². The molecular weight excluding hydrogens is 384 g/mol. The van der Waals surface area contributed by atoms with Gasteiger partial charge in [-0.2, -0.15) is 8.78 Å². The molecule has 0 atom stereocenters. The van der Waals surface area contributed by atoms with Gasteiger partial charge in [-0.1, -0.05) is 24.8 Å². The van der Waals surface area contributed by atoms with Crippen LogP contribution in [-0.4, -0.2) is 13.2 Å². The Morgan fingerprint density at radius 3 is 2.17 bits per heavy atom. The van der Waals surface area contributed by atoms with Gasteiger partial charge < -0.3 is 9.47 Å². The van der Waals surface area contributed by atoms with Crippen molar-refractivity contribution < 1.29 is 27.0 Å². The lowest BCUT2D eigenvalue weighted by molar-refractivity contribution is 0.191. The molecule has 0 unspecified atom stereocenters. The number of hydrogen-bond donors (Lipinski definition) is 0. The van der Waals surface area contributed by atoms with Crippen molar-refractivity contribution in [3.8, 4) is 11.5 Å². The highest BCUT2D eigenvalue weighted by atomic mass is 19.2. The highest BCUT2D eigenvalue weighted by Crippen LogP contribution is 2.39. The van der Waals surface area contributed by atoms with E-state index in [4.69, 9.17) is 9.47 Å². The van der Waals surface area contributed by atoms with E-state index >= 15 is 0 Å². The largest absolute Gasteiger partial charge is 0.490 e. The minimum Gasteiger partial charge on any atom is -0.490 e. The van der Waals surface area contributed by atoms with E-state index in [1.165, 1.54) is 31.2 Å². The lowest BCUT2D eigenvalue weighted by Gasteiger charge is -2.29. The summed E-state index contributed by atoms with van der Waals surface area (Å²) < 4.78 is 66.8. The number of rotatable bonds is 7. The first kappa shape index (κ1) is 21.2. The van der Waals surface area contributed by atoms with Crippen LogP contribution in [0.2, 0.25) is 0 Å². The Bertz CT molecular complexity index is 874. The zero-order valence-electron chi connectivity index (χ0n) is 16.3. The van der Waals surface area contributed by atoms with Crippen LogP contribution in [0.3, 0.4) is 0 Å². The summed E-state index contributed by atoms with van der Waals surface area (Å²) in [5.41, 5.74) is 0.574. The van der Waals surface area contributed by atoms with E-state index in [0.29, 0.717) is 18.4 Å². The van der Waals surface area contributed by atoms with Crippen molar-refractivity contribution in [1.82, 2.24) is 0 Å². The molecule has 156 valence electrons. The normalized spacial score (nSPS) is 19.1. The second-order valence-corrected chi connectivity index (χ2v) is 7.42. The molecule has 0 aromatic heterocycles. The van der Waals surface area contributed by atoms with Crippen molar-refractivity contribution in [3.05, 3.63) is 71.3 Å². The summed E-state index contributed by atoms with van der Waals surface area (Å²) in [4.78, 5) is 0. The van der Waals surface area contributed by atoms with E-state index in [9.17, 15) is 17.6 Å². The summed E-state index contributed by atoms with van der Waals surface area (Å²) in [6.45, 7) is 5.34. The molecular formula is C23H24F4O2. The minimum absolute atomic E-state index is 0.0947. The molecule has 1 aliphatic carbocycles. The number of hydrogen-bond acceptors (Lipinski definition) is 2. The monoisotopic (exact) mass is 408 g/mol. The summed E-state index contributed by atoms with van der Waals surface area (Å²) in [5.74, 6) is -3.89. The number of benzene rings is 2. The van der Waals surface area contributed by atoms with Crippen LogP contribution in [0.1, 0.15) is 42.7 Å². The zero-order chi connectivity index (χ0) is 21.0. The molecule has 2 nitrogen and oxygen atoms in total. The van der Waals surface area contributed by atoms with Gasteiger partial charge in [-0.25, -0.2) is 8.78 Å². The van der Waals surface area contributed by atoms with E-state index in [-0.39, 0.29) is 42.1 Å². The molecule has 6 heteroatoms. The van der Waals surface area contributed by atoms with Crippen LogP contribution < -0.4 is 9.47 Å². The van der Waals surface area contributed by atoms with Crippen LogP contribution in [0.15, 0.2) is 36.9 Å². The molecule has 0 amide bonds. The van der Waals surface area contributed by atoms with E-state index in [2.05, 4.69) is 6.58 Å². The summed E-state index contributed by atoms with van der Waals surface area (Å²) >= 11 is 0. The second kappa shape index (κ2) is 9.33. The van der Waals surface area contributed by atoms with Crippen molar-refractivity contribution in [2.45, 2.75) is 38.5 Å². The zero-order valence-corrected chi connectivity index (χ0v) is 16.3. The lowest BCUT2D eigenvalue weighted by Crippen LogP contribution is -2.20. The van der Waals surface area contributed by atoms with Gasteiger partial charge in [-0.05, 0) is 67.7 Å². The molecule has 0 saturated heterocycles. The smallest absolute Gasteiger partial charge is 0.200 e. The number of halogens is 4. The van der Waals surface area contributed by atoms with Gasteiger partial charge in [-0.3, -0.25) is 0 Å². The highest BCUT2D eigenvalue weighted by Gasteiger charge is 2.27. The Hall–Kier alpha value is -2.50. The average molecular weight is 408 g/mol. The summed E-state index contributed by atoms with van der Waals surface area (Å²) in [7, 11) is 0. The van der Waals surface area contributed by atoms with Crippen molar-refractivity contribution in [2.24, 2.45) is 5.92 Å². The molecule has 0 radical (unpaired) electrons. The van der Waals surface area contributed by atoms with Crippen LogP contribution in [0, 0.1) is 36.1 Å². The molecule has 1 saturated carbocycles. The minimum atomic E-state index is -0.980. The van der Waals surface area contributed by atoms with Crippen LogP contribution in [0.5, 0.6) is 11.5 Å². The molecule has 0 bridgehead atoms. The molecule has 0 aliphatic heterocycles. The first-order valence-corrected chi connectivity index (χ1v) is 9.71. The second-order valence-electron chi connectivity index (χ2n) is 7.42. The van der Waals surface area contributed by atoms with Crippen molar-refractivity contribution >= 4 is 0 Å². The third-order valence-corrected chi connectivity index (χ3v) is 5.43. The molecule has 1 aliphatic rings. The van der Waals surface area contributed by atoms with Gasteiger partial charge in [0.15, 0.2) is 23.1 Å². The summed E-state index contributed by atoms with van der Waals surface area (Å²) in [6, 6.07) is 5.92. The first-order valence-electron chi connectivity index (χ1n) is 9.71. The lowest BCUT2D eigenvalue weighted by atomic mass is 9.79. The summed E-state index contributed by atoms with van der Waals surface area (Å²) in [5, 5.41) is 0. The Balaban J connectivity index is 1.57. The van der Waals surface area contributed by atoms with Gasteiger partial charge in [0.25, 0.3) is 0 Å². The van der Waals surface area contributed by atoms with Crippen LogP contribution >= 0.6 is 0 Å². The van der Waals surface area contributed by atoms with Gasteiger partial charge in [0.1, 0.15) is 6.61 Å². The number of aryl methyl sites for hydroxylation is 1. The third kappa shape index (κ3) is 4.74. The van der Waals surface area contributed by atoms with E-state index in [1.807, 2.05) is 0 Å². The van der Waals surface area contributed by atoms with Crippen LogP contribution in [0.4, 0.5) is 17.6 Å². The fourth-order valence-electron chi connectivity index (χ4n) is 3.71.